The molecule has 3 rings (SSSR count). The minimum Gasteiger partial charge on any atom is -0.478 e. The standard InChI is InChI=1S/C22H24O4/c1-21(2,3)13-10-15-18(23)14-9-12(20(24)25)7-8-17(14)26-19(15)16(11-13)22(4,5)6/h7-11H,1-6H3,(H,24,25). The van der Waals surface area contributed by atoms with E-state index in [0.717, 1.165) is 11.1 Å². The Labute approximate surface area is 152 Å². The normalized spacial score (nSPS) is 12.7. The van der Waals surface area contributed by atoms with Gasteiger partial charge in [0.2, 0.25) is 5.43 Å². The highest BCUT2D eigenvalue weighted by molar-refractivity contribution is 5.97. The van der Waals surface area contributed by atoms with E-state index in [0.29, 0.717) is 21.9 Å². The Kier molecular flexibility index (Phi) is 3.98. The van der Waals surface area contributed by atoms with E-state index < -0.39 is 5.97 Å². The van der Waals surface area contributed by atoms with Crippen molar-refractivity contribution in [2.75, 3.05) is 0 Å². The molecule has 0 bridgehead atoms. The van der Waals surface area contributed by atoms with Crippen LogP contribution >= 0.6 is 0 Å². The minimum absolute atomic E-state index is 0.0761. The molecule has 1 N–H and O–H groups in total. The maximum atomic E-state index is 13.2. The SMILES string of the molecule is CC(C)(C)c1cc(C(C)(C)C)c2oc3ccc(C(=O)O)cc3c(=O)c2c1. The largest absolute Gasteiger partial charge is 0.478 e. The molecule has 0 amide bonds. The Morgan fingerprint density at radius 3 is 2.12 bits per heavy atom. The third-order valence-corrected chi connectivity index (χ3v) is 4.69. The highest BCUT2D eigenvalue weighted by Gasteiger charge is 2.25. The summed E-state index contributed by atoms with van der Waals surface area (Å²) in [6.45, 7) is 12.6. The van der Waals surface area contributed by atoms with Crippen LogP contribution in [-0.4, -0.2) is 11.1 Å². The zero-order valence-corrected chi connectivity index (χ0v) is 16.1. The monoisotopic (exact) mass is 352 g/mol. The molecule has 0 aliphatic carbocycles. The van der Waals surface area contributed by atoms with Crippen LogP contribution in [0.3, 0.4) is 0 Å². The van der Waals surface area contributed by atoms with Crippen LogP contribution in [0.4, 0.5) is 0 Å². The Bertz CT molecular complexity index is 1090. The lowest BCUT2D eigenvalue weighted by atomic mass is 9.79. The van der Waals surface area contributed by atoms with E-state index in [9.17, 15) is 14.7 Å². The lowest BCUT2D eigenvalue weighted by Gasteiger charge is -2.26. The van der Waals surface area contributed by atoms with Gasteiger partial charge < -0.3 is 9.52 Å². The summed E-state index contributed by atoms with van der Waals surface area (Å²) in [6, 6.07) is 8.40. The molecule has 136 valence electrons. The maximum Gasteiger partial charge on any atom is 0.335 e. The summed E-state index contributed by atoms with van der Waals surface area (Å²) in [6.07, 6.45) is 0. The van der Waals surface area contributed by atoms with Gasteiger partial charge in [-0.05, 0) is 40.7 Å². The van der Waals surface area contributed by atoms with Gasteiger partial charge in [0.1, 0.15) is 11.2 Å². The average Bonchev–Trinajstić information content (AvgIpc) is 2.52. The van der Waals surface area contributed by atoms with Crippen LogP contribution in [0.15, 0.2) is 39.5 Å². The first kappa shape index (κ1) is 18.2. The molecule has 0 saturated carbocycles. The molecule has 26 heavy (non-hydrogen) atoms. The summed E-state index contributed by atoms with van der Waals surface area (Å²) in [4.78, 5) is 24.4. The van der Waals surface area contributed by atoms with E-state index in [-0.39, 0.29) is 21.8 Å². The lowest BCUT2D eigenvalue weighted by molar-refractivity contribution is 0.0697. The Morgan fingerprint density at radius 1 is 0.923 bits per heavy atom. The number of hydrogen-bond donors (Lipinski definition) is 1. The fourth-order valence-electron chi connectivity index (χ4n) is 3.08. The molecule has 0 aliphatic heterocycles. The van der Waals surface area contributed by atoms with E-state index >= 15 is 0 Å². The van der Waals surface area contributed by atoms with E-state index in [4.69, 9.17) is 4.42 Å². The molecular weight excluding hydrogens is 328 g/mol. The third kappa shape index (κ3) is 3.00. The van der Waals surface area contributed by atoms with Gasteiger partial charge in [0.25, 0.3) is 0 Å². The first-order valence-corrected chi connectivity index (χ1v) is 8.68. The smallest absolute Gasteiger partial charge is 0.335 e. The summed E-state index contributed by atoms with van der Waals surface area (Å²) in [5.41, 5.74) is 2.56. The van der Waals surface area contributed by atoms with Crippen molar-refractivity contribution in [2.45, 2.75) is 52.4 Å². The van der Waals surface area contributed by atoms with Crippen LogP contribution < -0.4 is 5.43 Å². The minimum atomic E-state index is -1.06. The van der Waals surface area contributed by atoms with Gasteiger partial charge in [0.15, 0.2) is 0 Å². The molecule has 4 nitrogen and oxygen atoms in total. The van der Waals surface area contributed by atoms with Gasteiger partial charge in [-0.25, -0.2) is 4.79 Å². The molecule has 0 radical (unpaired) electrons. The second-order valence-electron chi connectivity index (χ2n) is 8.85. The Balaban J connectivity index is 2.52. The van der Waals surface area contributed by atoms with Crippen LogP contribution in [0.2, 0.25) is 0 Å². The first-order chi connectivity index (χ1) is 11.9. The molecule has 3 aromatic rings. The van der Waals surface area contributed by atoms with E-state index in [1.165, 1.54) is 12.1 Å². The molecule has 0 saturated heterocycles. The number of carbonyl (C=O) groups is 1. The zero-order chi connectivity index (χ0) is 19.4. The van der Waals surface area contributed by atoms with Gasteiger partial charge >= 0.3 is 5.97 Å². The van der Waals surface area contributed by atoms with E-state index in [1.54, 1.807) is 6.07 Å². The van der Waals surface area contributed by atoms with Gasteiger partial charge in [0.05, 0.1) is 16.3 Å². The molecule has 4 heteroatoms. The predicted molar refractivity (Wildman–Crippen MR) is 104 cm³/mol. The average molecular weight is 352 g/mol. The molecular formula is C22H24O4. The van der Waals surface area contributed by atoms with Crippen LogP contribution in [0.5, 0.6) is 0 Å². The summed E-state index contributed by atoms with van der Waals surface area (Å²) in [5, 5.41) is 10.0. The first-order valence-electron chi connectivity index (χ1n) is 8.68. The van der Waals surface area contributed by atoms with E-state index in [1.807, 2.05) is 6.07 Å². The highest BCUT2D eigenvalue weighted by Crippen LogP contribution is 2.35. The third-order valence-electron chi connectivity index (χ3n) is 4.69. The molecule has 0 fully saturated rings. The second kappa shape index (κ2) is 5.70. The molecule has 1 aromatic heterocycles. The topological polar surface area (TPSA) is 67.5 Å². The molecule has 0 atom stereocenters. The molecule has 0 aliphatic rings. The van der Waals surface area contributed by atoms with Crippen LogP contribution in [0.1, 0.15) is 63.0 Å². The molecule has 1 heterocycles. The zero-order valence-electron chi connectivity index (χ0n) is 16.1. The van der Waals surface area contributed by atoms with Crippen molar-refractivity contribution in [3.8, 4) is 0 Å². The number of aromatic carboxylic acids is 1. The van der Waals surface area contributed by atoms with Crippen molar-refractivity contribution in [3.63, 3.8) is 0 Å². The van der Waals surface area contributed by atoms with Gasteiger partial charge in [-0.15, -0.1) is 0 Å². The number of carboxylic acid groups (broad SMARTS) is 1. The Morgan fingerprint density at radius 2 is 1.58 bits per heavy atom. The van der Waals surface area contributed by atoms with Crippen molar-refractivity contribution in [2.24, 2.45) is 0 Å². The maximum absolute atomic E-state index is 13.2. The van der Waals surface area contributed by atoms with Crippen molar-refractivity contribution < 1.29 is 14.3 Å². The fourth-order valence-corrected chi connectivity index (χ4v) is 3.08. The predicted octanol–water partition coefficient (Wildman–Crippen LogP) is 5.24. The highest BCUT2D eigenvalue weighted by atomic mass is 16.4. The summed E-state index contributed by atoms with van der Waals surface area (Å²) in [5.74, 6) is -1.06. The van der Waals surface area contributed by atoms with Crippen molar-refractivity contribution in [1.29, 1.82) is 0 Å². The molecule has 0 unspecified atom stereocenters. The van der Waals surface area contributed by atoms with Crippen molar-refractivity contribution >= 4 is 27.9 Å². The number of rotatable bonds is 1. The second-order valence-corrected chi connectivity index (χ2v) is 8.85. The number of carboxylic acids is 1. The van der Waals surface area contributed by atoms with Crippen LogP contribution in [0.25, 0.3) is 21.9 Å². The van der Waals surface area contributed by atoms with Crippen LogP contribution in [-0.2, 0) is 10.8 Å². The lowest BCUT2D eigenvalue weighted by Crippen LogP contribution is -2.18. The van der Waals surface area contributed by atoms with Crippen LogP contribution in [0, 0.1) is 0 Å². The fraction of sp³-hybridized carbons (Fsp3) is 0.364. The van der Waals surface area contributed by atoms with Gasteiger partial charge in [-0.3, -0.25) is 4.79 Å². The Hall–Kier alpha value is -2.62. The summed E-state index contributed by atoms with van der Waals surface area (Å²) in [7, 11) is 0. The van der Waals surface area contributed by atoms with Crippen molar-refractivity contribution in [3.05, 3.63) is 57.2 Å². The van der Waals surface area contributed by atoms with Crippen molar-refractivity contribution in [1.82, 2.24) is 0 Å². The van der Waals surface area contributed by atoms with Gasteiger partial charge in [0, 0.05) is 5.56 Å². The summed E-state index contributed by atoms with van der Waals surface area (Å²) < 4.78 is 6.09. The molecule has 0 spiro atoms. The number of fused-ring (bicyclic) bond motifs is 2. The number of hydrogen-bond acceptors (Lipinski definition) is 3. The quantitative estimate of drug-likeness (QED) is 0.608. The van der Waals surface area contributed by atoms with Gasteiger partial charge in [-0.2, -0.15) is 0 Å². The molecule has 2 aromatic carbocycles. The number of benzene rings is 2. The summed E-state index contributed by atoms with van der Waals surface area (Å²) >= 11 is 0. The van der Waals surface area contributed by atoms with E-state index in [2.05, 4.69) is 47.6 Å². The van der Waals surface area contributed by atoms with Gasteiger partial charge in [-0.1, -0.05) is 47.6 Å².